The van der Waals surface area contributed by atoms with Crippen molar-refractivity contribution in [2.45, 2.75) is 32.7 Å². The smallest absolute Gasteiger partial charge is 0.261 e. The molecule has 1 aromatic heterocycles. The molecule has 6 nitrogen and oxygen atoms in total. The third-order valence-electron chi connectivity index (χ3n) is 7.03. The molecule has 1 N–H and O–H groups in total. The number of para-hydroxylation sites is 1. The van der Waals surface area contributed by atoms with Crippen LogP contribution in [0.3, 0.4) is 0 Å². The molecule has 1 atom stereocenters. The highest BCUT2D eigenvalue weighted by atomic mass is 32.1. The Kier molecular flexibility index (Phi) is 6.88. The van der Waals surface area contributed by atoms with Gasteiger partial charge < -0.3 is 15.1 Å². The lowest BCUT2D eigenvalue weighted by atomic mass is 9.97. The molecule has 0 saturated carbocycles. The van der Waals surface area contributed by atoms with Gasteiger partial charge in [0.25, 0.3) is 5.91 Å². The van der Waals surface area contributed by atoms with Gasteiger partial charge in [-0.15, -0.1) is 11.3 Å². The molecule has 3 aromatic rings. The molecule has 2 aliphatic heterocycles. The van der Waals surface area contributed by atoms with Crippen LogP contribution in [-0.2, 0) is 6.54 Å². The molecule has 0 spiro atoms. The van der Waals surface area contributed by atoms with Crippen molar-refractivity contribution in [3.8, 4) is 11.3 Å². The Morgan fingerprint density at radius 1 is 1.09 bits per heavy atom. The number of anilines is 1. The summed E-state index contributed by atoms with van der Waals surface area (Å²) in [7, 11) is 2.15. The predicted molar refractivity (Wildman–Crippen MR) is 143 cm³/mol. The number of likely N-dealkylation sites (N-methyl/N-ethyl adjacent to an activating group) is 1. The number of aromatic nitrogens is 1. The predicted octanol–water partition coefficient (Wildman–Crippen LogP) is 5.44. The molecule has 182 valence electrons. The van der Waals surface area contributed by atoms with Gasteiger partial charge in [-0.25, -0.2) is 4.98 Å². The van der Waals surface area contributed by atoms with Crippen LogP contribution in [0.15, 0.2) is 65.9 Å². The van der Waals surface area contributed by atoms with Gasteiger partial charge >= 0.3 is 0 Å². The number of hydrogen-bond acceptors (Lipinski definition) is 6. The van der Waals surface area contributed by atoms with Crippen molar-refractivity contribution in [3.05, 3.63) is 82.1 Å². The van der Waals surface area contributed by atoms with Crippen molar-refractivity contribution in [1.29, 1.82) is 0 Å². The third-order valence-corrected chi connectivity index (χ3v) is 7.87. The van der Waals surface area contributed by atoms with Crippen LogP contribution >= 0.6 is 11.3 Å². The summed E-state index contributed by atoms with van der Waals surface area (Å²) in [6, 6.07) is 16.4. The van der Waals surface area contributed by atoms with Gasteiger partial charge in [0.15, 0.2) is 0 Å². The van der Waals surface area contributed by atoms with E-state index in [0.29, 0.717) is 18.0 Å². The van der Waals surface area contributed by atoms with Crippen molar-refractivity contribution in [2.75, 3.05) is 38.5 Å². The van der Waals surface area contributed by atoms with Crippen LogP contribution in [0.4, 0.5) is 5.69 Å². The van der Waals surface area contributed by atoms with Gasteiger partial charge in [-0.05, 0) is 37.1 Å². The Hall–Kier alpha value is -3.16. The molecular formula is C28H33N5OS. The summed E-state index contributed by atoms with van der Waals surface area (Å²) in [5, 5.41) is 6.52. The first-order valence-electron chi connectivity index (χ1n) is 12.4. The van der Waals surface area contributed by atoms with Crippen LogP contribution in [0.25, 0.3) is 11.3 Å². The zero-order valence-electron chi connectivity index (χ0n) is 20.7. The van der Waals surface area contributed by atoms with Crippen molar-refractivity contribution in [2.24, 2.45) is 0 Å². The van der Waals surface area contributed by atoms with E-state index in [9.17, 15) is 4.79 Å². The molecule has 1 amide bonds. The zero-order valence-corrected chi connectivity index (χ0v) is 21.5. The number of carbonyl (C=O) groups is 1. The minimum atomic E-state index is 0.00869. The SMILES string of the molecule is CCC(C)c1ccc(-c2csc(CN3C(=O)c4ccccc4N/C3=C\N3CCN(C)CC3)n2)cc1. The number of rotatable bonds is 6. The maximum atomic E-state index is 13.5. The lowest BCUT2D eigenvalue weighted by Gasteiger charge is -2.36. The minimum absolute atomic E-state index is 0.00869. The summed E-state index contributed by atoms with van der Waals surface area (Å²) in [4.78, 5) is 24.9. The number of hydrogen-bond donors (Lipinski definition) is 1. The standard InChI is InChI=1S/C28H33N5OS/c1-4-20(2)21-9-11-22(12-10-21)25-19-35-27(30-25)18-33-26(17-32-15-13-31(3)14-16-32)29-24-8-6-5-7-23(24)28(33)34/h5-12,17,19-20,29H,4,13-16,18H2,1-3H3/b26-17+. The van der Waals surface area contributed by atoms with E-state index in [1.54, 1.807) is 11.3 Å². The van der Waals surface area contributed by atoms with Gasteiger partial charge in [0.2, 0.25) is 0 Å². The van der Waals surface area contributed by atoms with Crippen LogP contribution in [0.5, 0.6) is 0 Å². The minimum Gasteiger partial charge on any atom is -0.372 e. The number of fused-ring (bicyclic) bond motifs is 1. The molecule has 5 rings (SSSR count). The van der Waals surface area contributed by atoms with Crippen LogP contribution in [0.1, 0.15) is 47.1 Å². The molecule has 1 saturated heterocycles. The first-order chi connectivity index (χ1) is 17.0. The van der Waals surface area contributed by atoms with Crippen molar-refractivity contribution in [1.82, 2.24) is 19.7 Å². The Morgan fingerprint density at radius 3 is 2.57 bits per heavy atom. The highest BCUT2D eigenvalue weighted by Crippen LogP contribution is 2.31. The molecule has 0 bridgehead atoms. The number of nitrogens with one attached hydrogen (secondary N) is 1. The number of carbonyl (C=O) groups excluding carboxylic acids is 1. The van der Waals surface area contributed by atoms with Gasteiger partial charge in [0, 0.05) is 43.3 Å². The van der Waals surface area contributed by atoms with Crippen LogP contribution in [0.2, 0.25) is 0 Å². The van der Waals surface area contributed by atoms with Crippen molar-refractivity contribution in [3.63, 3.8) is 0 Å². The summed E-state index contributed by atoms with van der Waals surface area (Å²) in [6.45, 7) is 8.83. The summed E-state index contributed by atoms with van der Waals surface area (Å²) < 4.78 is 0. The largest absolute Gasteiger partial charge is 0.372 e. The molecule has 2 aromatic carbocycles. The quantitative estimate of drug-likeness (QED) is 0.502. The molecule has 7 heteroatoms. The summed E-state index contributed by atoms with van der Waals surface area (Å²) in [5.41, 5.74) is 4.98. The van der Waals surface area contributed by atoms with Crippen LogP contribution < -0.4 is 5.32 Å². The lowest BCUT2D eigenvalue weighted by Crippen LogP contribution is -2.44. The molecule has 35 heavy (non-hydrogen) atoms. The average molecular weight is 488 g/mol. The second kappa shape index (κ2) is 10.2. The monoisotopic (exact) mass is 487 g/mol. The lowest BCUT2D eigenvalue weighted by molar-refractivity contribution is 0.0786. The van der Waals surface area contributed by atoms with E-state index in [1.165, 1.54) is 5.56 Å². The number of piperazine rings is 1. The maximum absolute atomic E-state index is 13.5. The molecule has 0 radical (unpaired) electrons. The van der Waals surface area contributed by atoms with Gasteiger partial charge in [-0.2, -0.15) is 0 Å². The fourth-order valence-electron chi connectivity index (χ4n) is 4.49. The van der Waals surface area contributed by atoms with E-state index in [-0.39, 0.29) is 5.91 Å². The Labute approximate surface area is 211 Å². The van der Waals surface area contributed by atoms with E-state index in [1.807, 2.05) is 29.2 Å². The van der Waals surface area contributed by atoms with E-state index in [0.717, 1.165) is 60.4 Å². The number of nitrogens with zero attached hydrogens (tertiary/aromatic N) is 4. The van der Waals surface area contributed by atoms with Gasteiger partial charge in [0.1, 0.15) is 10.8 Å². The molecule has 2 aliphatic rings. The second-order valence-corrected chi connectivity index (χ2v) is 10.4. The van der Waals surface area contributed by atoms with Gasteiger partial charge in [0.05, 0.1) is 23.5 Å². The normalized spacial score (nSPS) is 18.5. The van der Waals surface area contributed by atoms with Crippen LogP contribution in [0, 0.1) is 0 Å². The Morgan fingerprint density at radius 2 is 1.83 bits per heavy atom. The Bertz CT molecular complexity index is 1210. The summed E-state index contributed by atoms with van der Waals surface area (Å²) in [6.07, 6.45) is 3.23. The van der Waals surface area contributed by atoms with Crippen molar-refractivity contribution >= 4 is 22.9 Å². The summed E-state index contributed by atoms with van der Waals surface area (Å²) in [5.74, 6) is 1.38. The first-order valence-corrected chi connectivity index (χ1v) is 13.3. The molecule has 3 heterocycles. The average Bonchev–Trinajstić information content (AvgIpc) is 3.36. The molecule has 1 unspecified atom stereocenters. The maximum Gasteiger partial charge on any atom is 0.261 e. The second-order valence-electron chi connectivity index (χ2n) is 9.47. The van der Waals surface area contributed by atoms with Gasteiger partial charge in [-0.1, -0.05) is 50.2 Å². The number of amides is 1. The zero-order chi connectivity index (χ0) is 24.4. The third kappa shape index (κ3) is 5.11. The van der Waals surface area contributed by atoms with E-state index in [2.05, 4.69) is 71.9 Å². The number of thiazole rings is 1. The topological polar surface area (TPSA) is 51.7 Å². The van der Waals surface area contributed by atoms with E-state index < -0.39 is 0 Å². The molecule has 1 fully saturated rings. The molecule has 0 aliphatic carbocycles. The fourth-order valence-corrected chi connectivity index (χ4v) is 5.28. The Balaban J connectivity index is 1.39. The highest BCUT2D eigenvalue weighted by Gasteiger charge is 2.29. The van der Waals surface area contributed by atoms with E-state index >= 15 is 0 Å². The number of benzene rings is 2. The fraction of sp³-hybridized carbons (Fsp3) is 0.357. The molecular weight excluding hydrogens is 454 g/mol. The summed E-state index contributed by atoms with van der Waals surface area (Å²) >= 11 is 1.60. The van der Waals surface area contributed by atoms with Gasteiger partial charge in [-0.3, -0.25) is 9.69 Å². The van der Waals surface area contributed by atoms with Crippen molar-refractivity contribution < 1.29 is 4.79 Å². The van der Waals surface area contributed by atoms with Crippen LogP contribution in [-0.4, -0.2) is 58.8 Å². The first kappa shape index (κ1) is 23.6. The highest BCUT2D eigenvalue weighted by molar-refractivity contribution is 7.09. The van der Waals surface area contributed by atoms with E-state index in [4.69, 9.17) is 4.98 Å².